The monoisotopic (exact) mass is 235 g/mol. The van der Waals surface area contributed by atoms with Gasteiger partial charge in [-0.2, -0.15) is 0 Å². The quantitative estimate of drug-likeness (QED) is 0.788. The van der Waals surface area contributed by atoms with Crippen LogP contribution in [-0.4, -0.2) is 29.5 Å². The minimum absolute atomic E-state index is 0.234. The molecule has 0 atom stereocenters. The fourth-order valence-corrected chi connectivity index (χ4v) is 1.63. The van der Waals surface area contributed by atoms with E-state index in [1.165, 1.54) is 0 Å². The second kappa shape index (κ2) is 6.72. The molecular formula is C14H25N3. The lowest BCUT2D eigenvalue weighted by atomic mass is 9.89. The van der Waals surface area contributed by atoms with E-state index in [1.807, 2.05) is 18.3 Å². The highest BCUT2D eigenvalue weighted by atomic mass is 15.1. The minimum atomic E-state index is 0.234. The molecule has 96 valence electrons. The lowest BCUT2D eigenvalue weighted by Gasteiger charge is -2.27. The van der Waals surface area contributed by atoms with Crippen molar-refractivity contribution in [1.82, 2.24) is 9.88 Å². The van der Waals surface area contributed by atoms with Gasteiger partial charge in [-0.25, -0.2) is 0 Å². The Morgan fingerprint density at radius 1 is 1.35 bits per heavy atom. The number of hydrogen-bond donors (Lipinski definition) is 1. The predicted molar refractivity (Wildman–Crippen MR) is 72.6 cm³/mol. The van der Waals surface area contributed by atoms with E-state index in [2.05, 4.69) is 36.7 Å². The molecule has 0 fully saturated rings. The van der Waals surface area contributed by atoms with Gasteiger partial charge in [0.05, 0.1) is 5.69 Å². The number of hydrogen-bond acceptors (Lipinski definition) is 3. The molecule has 17 heavy (non-hydrogen) atoms. The number of nitrogens with two attached hydrogens (primary N) is 1. The van der Waals surface area contributed by atoms with Crippen LogP contribution in [0.3, 0.4) is 0 Å². The van der Waals surface area contributed by atoms with Crippen molar-refractivity contribution in [2.24, 2.45) is 11.1 Å². The fraction of sp³-hybridized carbons (Fsp3) is 0.643. The second-order valence-corrected chi connectivity index (χ2v) is 5.31. The van der Waals surface area contributed by atoms with Crippen molar-refractivity contribution < 1.29 is 0 Å². The van der Waals surface area contributed by atoms with Crippen LogP contribution in [0, 0.1) is 5.41 Å². The maximum Gasteiger partial charge on any atom is 0.0543 e. The number of aromatic nitrogens is 1. The SMILES string of the molecule is CCN(CCC(C)(C)CN)Cc1ccccn1. The van der Waals surface area contributed by atoms with Gasteiger partial charge in [0.25, 0.3) is 0 Å². The predicted octanol–water partition coefficient (Wildman–Crippen LogP) is 2.28. The standard InChI is InChI=1S/C14H25N3/c1-4-17(10-8-14(2,3)12-15)11-13-7-5-6-9-16-13/h5-7,9H,4,8,10-12,15H2,1-3H3. The molecule has 1 aromatic rings. The third-order valence-corrected chi connectivity index (χ3v) is 3.22. The van der Waals surface area contributed by atoms with Crippen molar-refractivity contribution in [2.45, 2.75) is 33.7 Å². The molecule has 0 aliphatic heterocycles. The Hall–Kier alpha value is -0.930. The molecule has 0 radical (unpaired) electrons. The highest BCUT2D eigenvalue weighted by molar-refractivity contribution is 5.03. The molecule has 0 bridgehead atoms. The van der Waals surface area contributed by atoms with Crippen LogP contribution in [0.1, 0.15) is 32.9 Å². The first-order chi connectivity index (χ1) is 8.07. The Labute approximate surface area is 105 Å². The van der Waals surface area contributed by atoms with E-state index in [-0.39, 0.29) is 5.41 Å². The second-order valence-electron chi connectivity index (χ2n) is 5.31. The first kappa shape index (κ1) is 14.1. The zero-order valence-electron chi connectivity index (χ0n) is 11.3. The van der Waals surface area contributed by atoms with Gasteiger partial charge in [0.2, 0.25) is 0 Å². The van der Waals surface area contributed by atoms with Gasteiger partial charge in [-0.15, -0.1) is 0 Å². The first-order valence-corrected chi connectivity index (χ1v) is 6.40. The van der Waals surface area contributed by atoms with Gasteiger partial charge in [-0.1, -0.05) is 26.8 Å². The molecule has 1 rings (SSSR count). The molecule has 0 aliphatic carbocycles. The van der Waals surface area contributed by atoms with E-state index >= 15 is 0 Å². The number of pyridine rings is 1. The van der Waals surface area contributed by atoms with Gasteiger partial charge < -0.3 is 5.73 Å². The topological polar surface area (TPSA) is 42.1 Å². The molecule has 0 unspecified atom stereocenters. The lowest BCUT2D eigenvalue weighted by molar-refractivity contribution is 0.221. The molecule has 1 aromatic heterocycles. The van der Waals surface area contributed by atoms with Crippen LogP contribution < -0.4 is 5.73 Å². The van der Waals surface area contributed by atoms with E-state index in [9.17, 15) is 0 Å². The van der Waals surface area contributed by atoms with Crippen LogP contribution in [0.25, 0.3) is 0 Å². The van der Waals surface area contributed by atoms with Crippen LogP contribution in [0.5, 0.6) is 0 Å². The number of rotatable bonds is 7. The van der Waals surface area contributed by atoms with Crippen LogP contribution >= 0.6 is 0 Å². The first-order valence-electron chi connectivity index (χ1n) is 6.40. The van der Waals surface area contributed by atoms with Gasteiger partial charge in [0.1, 0.15) is 0 Å². The molecule has 0 saturated carbocycles. The van der Waals surface area contributed by atoms with Crippen LogP contribution in [0.15, 0.2) is 24.4 Å². The van der Waals surface area contributed by atoms with Crippen molar-refractivity contribution >= 4 is 0 Å². The summed E-state index contributed by atoms with van der Waals surface area (Å²) in [5.41, 5.74) is 7.13. The van der Waals surface area contributed by atoms with Crippen molar-refractivity contribution in [1.29, 1.82) is 0 Å². The average molecular weight is 235 g/mol. The Balaban J connectivity index is 2.44. The summed E-state index contributed by atoms with van der Waals surface area (Å²) in [5, 5.41) is 0. The van der Waals surface area contributed by atoms with E-state index in [1.54, 1.807) is 0 Å². The summed E-state index contributed by atoms with van der Waals surface area (Å²) in [6.45, 7) is 10.4. The summed E-state index contributed by atoms with van der Waals surface area (Å²) in [4.78, 5) is 6.78. The molecular weight excluding hydrogens is 210 g/mol. The van der Waals surface area contributed by atoms with Gasteiger partial charge >= 0.3 is 0 Å². The molecule has 0 aliphatic rings. The van der Waals surface area contributed by atoms with Crippen LogP contribution in [-0.2, 0) is 6.54 Å². The third-order valence-electron chi connectivity index (χ3n) is 3.22. The highest BCUT2D eigenvalue weighted by Crippen LogP contribution is 2.18. The summed E-state index contributed by atoms with van der Waals surface area (Å²) >= 11 is 0. The molecule has 0 aromatic carbocycles. The summed E-state index contributed by atoms with van der Waals surface area (Å²) in [5.74, 6) is 0. The van der Waals surface area contributed by atoms with Crippen molar-refractivity contribution in [3.05, 3.63) is 30.1 Å². The van der Waals surface area contributed by atoms with Gasteiger partial charge in [-0.05, 0) is 43.6 Å². The zero-order chi connectivity index (χ0) is 12.7. The Morgan fingerprint density at radius 2 is 2.12 bits per heavy atom. The maximum atomic E-state index is 5.76. The third kappa shape index (κ3) is 5.29. The van der Waals surface area contributed by atoms with E-state index < -0.39 is 0 Å². The number of nitrogens with zero attached hydrogens (tertiary/aromatic N) is 2. The van der Waals surface area contributed by atoms with Crippen molar-refractivity contribution in [2.75, 3.05) is 19.6 Å². The molecule has 0 spiro atoms. The summed E-state index contributed by atoms with van der Waals surface area (Å²) in [6.07, 6.45) is 2.98. The summed E-state index contributed by atoms with van der Waals surface area (Å²) < 4.78 is 0. The largest absolute Gasteiger partial charge is 0.330 e. The van der Waals surface area contributed by atoms with Crippen molar-refractivity contribution in [3.63, 3.8) is 0 Å². The van der Waals surface area contributed by atoms with Gasteiger partial charge in [-0.3, -0.25) is 9.88 Å². The summed E-state index contributed by atoms with van der Waals surface area (Å²) in [6, 6.07) is 6.08. The van der Waals surface area contributed by atoms with Gasteiger partial charge in [0, 0.05) is 12.7 Å². The lowest BCUT2D eigenvalue weighted by Crippen LogP contribution is -2.31. The maximum absolute atomic E-state index is 5.76. The zero-order valence-corrected chi connectivity index (χ0v) is 11.3. The molecule has 0 saturated heterocycles. The van der Waals surface area contributed by atoms with Crippen molar-refractivity contribution in [3.8, 4) is 0 Å². The normalized spacial score (nSPS) is 12.1. The van der Waals surface area contributed by atoms with Crippen LogP contribution in [0.4, 0.5) is 0 Å². The highest BCUT2D eigenvalue weighted by Gasteiger charge is 2.16. The van der Waals surface area contributed by atoms with E-state index in [0.717, 1.165) is 38.3 Å². The Morgan fingerprint density at radius 3 is 2.65 bits per heavy atom. The van der Waals surface area contributed by atoms with Crippen LogP contribution in [0.2, 0.25) is 0 Å². The molecule has 0 amide bonds. The fourth-order valence-electron chi connectivity index (χ4n) is 1.63. The van der Waals surface area contributed by atoms with Gasteiger partial charge in [0.15, 0.2) is 0 Å². The molecule has 1 heterocycles. The minimum Gasteiger partial charge on any atom is -0.330 e. The average Bonchev–Trinajstić information content (AvgIpc) is 2.35. The Kier molecular flexibility index (Phi) is 5.59. The molecule has 3 nitrogen and oxygen atoms in total. The smallest absolute Gasteiger partial charge is 0.0543 e. The van der Waals surface area contributed by atoms with E-state index in [4.69, 9.17) is 5.73 Å². The Bertz CT molecular complexity index is 309. The van der Waals surface area contributed by atoms with E-state index in [0.29, 0.717) is 0 Å². The summed E-state index contributed by atoms with van der Waals surface area (Å²) in [7, 11) is 0. The molecule has 2 N–H and O–H groups in total. The molecule has 3 heteroatoms.